The zero-order valence-corrected chi connectivity index (χ0v) is 11.5. The molecule has 0 fully saturated rings. The summed E-state index contributed by atoms with van der Waals surface area (Å²) >= 11 is 0. The number of methoxy groups -OCH3 is 2. The Morgan fingerprint density at radius 2 is 1.53 bits per heavy atom. The quantitative estimate of drug-likeness (QED) is 0.820. The summed E-state index contributed by atoms with van der Waals surface area (Å²) in [6, 6.07) is 13.6. The van der Waals surface area contributed by atoms with Gasteiger partial charge in [0.1, 0.15) is 12.4 Å². The third-order valence-corrected chi connectivity index (χ3v) is 2.89. The molecule has 0 saturated carbocycles. The lowest BCUT2D eigenvalue weighted by Crippen LogP contribution is -2.00. The molecular weight excluding hydrogens is 240 g/mol. The van der Waals surface area contributed by atoms with Gasteiger partial charge in [0.05, 0.1) is 14.2 Å². The molecule has 0 aliphatic heterocycles. The van der Waals surface area contributed by atoms with Gasteiger partial charge in [-0.05, 0) is 31.2 Å². The van der Waals surface area contributed by atoms with E-state index in [-0.39, 0.29) is 0 Å². The van der Waals surface area contributed by atoms with Gasteiger partial charge in [0, 0.05) is 5.56 Å². The van der Waals surface area contributed by atoms with Gasteiger partial charge in [0.25, 0.3) is 0 Å². The molecule has 2 aromatic carbocycles. The van der Waals surface area contributed by atoms with Crippen LogP contribution in [0.4, 0.5) is 0 Å². The Kier molecular flexibility index (Phi) is 4.29. The first-order chi connectivity index (χ1) is 9.24. The van der Waals surface area contributed by atoms with E-state index >= 15 is 0 Å². The van der Waals surface area contributed by atoms with E-state index in [1.54, 1.807) is 14.2 Å². The van der Waals surface area contributed by atoms with E-state index in [9.17, 15) is 0 Å². The van der Waals surface area contributed by atoms with E-state index in [1.807, 2.05) is 43.3 Å². The average Bonchev–Trinajstić information content (AvgIpc) is 2.45. The molecule has 3 nitrogen and oxygen atoms in total. The second-order valence-electron chi connectivity index (χ2n) is 4.25. The first-order valence-corrected chi connectivity index (χ1v) is 6.14. The van der Waals surface area contributed by atoms with E-state index in [2.05, 4.69) is 6.07 Å². The maximum absolute atomic E-state index is 5.81. The van der Waals surface area contributed by atoms with Crippen molar-refractivity contribution in [1.82, 2.24) is 0 Å². The molecule has 0 aromatic heterocycles. The molecule has 0 spiro atoms. The molecule has 0 N–H and O–H groups in total. The lowest BCUT2D eigenvalue weighted by molar-refractivity contribution is 0.278. The van der Waals surface area contributed by atoms with Crippen molar-refractivity contribution in [1.29, 1.82) is 0 Å². The van der Waals surface area contributed by atoms with Crippen LogP contribution in [0.15, 0.2) is 42.5 Å². The van der Waals surface area contributed by atoms with Crippen molar-refractivity contribution in [3.8, 4) is 17.2 Å². The Bertz CT molecular complexity index is 549. The summed E-state index contributed by atoms with van der Waals surface area (Å²) in [6.45, 7) is 2.50. The summed E-state index contributed by atoms with van der Waals surface area (Å²) in [5, 5.41) is 0. The number of hydrogen-bond acceptors (Lipinski definition) is 3. The lowest BCUT2D eigenvalue weighted by Gasteiger charge is -2.13. The van der Waals surface area contributed by atoms with E-state index in [0.29, 0.717) is 6.61 Å². The monoisotopic (exact) mass is 258 g/mol. The number of benzene rings is 2. The van der Waals surface area contributed by atoms with Crippen LogP contribution in [0.25, 0.3) is 0 Å². The summed E-state index contributed by atoms with van der Waals surface area (Å²) < 4.78 is 16.4. The topological polar surface area (TPSA) is 27.7 Å². The Morgan fingerprint density at radius 3 is 2.21 bits per heavy atom. The van der Waals surface area contributed by atoms with Crippen LogP contribution in [0.5, 0.6) is 17.2 Å². The van der Waals surface area contributed by atoms with Gasteiger partial charge in [-0.2, -0.15) is 0 Å². The molecule has 2 rings (SSSR count). The molecular formula is C16H18O3. The molecule has 0 saturated heterocycles. The Hall–Kier alpha value is -2.16. The summed E-state index contributed by atoms with van der Waals surface area (Å²) in [4.78, 5) is 0. The molecule has 2 aromatic rings. The third kappa shape index (κ3) is 3.19. The summed E-state index contributed by atoms with van der Waals surface area (Å²) in [6.07, 6.45) is 0. The lowest BCUT2D eigenvalue weighted by atomic mass is 10.1. The van der Waals surface area contributed by atoms with Gasteiger partial charge in [-0.15, -0.1) is 0 Å². The summed E-state index contributed by atoms with van der Waals surface area (Å²) in [5.74, 6) is 2.29. The van der Waals surface area contributed by atoms with Crippen LogP contribution in [0.2, 0.25) is 0 Å². The van der Waals surface area contributed by atoms with Gasteiger partial charge >= 0.3 is 0 Å². The summed E-state index contributed by atoms with van der Waals surface area (Å²) in [7, 11) is 3.30. The smallest absolute Gasteiger partial charge is 0.161 e. The van der Waals surface area contributed by atoms with Gasteiger partial charge in [-0.25, -0.2) is 0 Å². The Balaban J connectivity index is 2.16. The highest BCUT2D eigenvalue weighted by molar-refractivity contribution is 5.41. The van der Waals surface area contributed by atoms with Crippen molar-refractivity contribution < 1.29 is 14.2 Å². The van der Waals surface area contributed by atoms with Crippen molar-refractivity contribution in [2.75, 3.05) is 14.2 Å². The maximum atomic E-state index is 5.81. The third-order valence-electron chi connectivity index (χ3n) is 2.89. The second-order valence-corrected chi connectivity index (χ2v) is 4.25. The van der Waals surface area contributed by atoms with Crippen molar-refractivity contribution >= 4 is 0 Å². The molecule has 0 aliphatic carbocycles. The van der Waals surface area contributed by atoms with Gasteiger partial charge in [0.15, 0.2) is 11.5 Å². The van der Waals surface area contributed by atoms with E-state index in [4.69, 9.17) is 14.2 Å². The number of para-hydroxylation sites is 2. The molecule has 0 aliphatic rings. The molecule has 0 atom stereocenters. The first-order valence-electron chi connectivity index (χ1n) is 6.14. The number of hydrogen-bond donors (Lipinski definition) is 0. The van der Waals surface area contributed by atoms with Crippen LogP contribution in [0.1, 0.15) is 11.1 Å². The van der Waals surface area contributed by atoms with Gasteiger partial charge in [0.2, 0.25) is 0 Å². The molecule has 0 radical (unpaired) electrons. The van der Waals surface area contributed by atoms with Crippen LogP contribution in [0, 0.1) is 6.92 Å². The molecule has 100 valence electrons. The van der Waals surface area contributed by atoms with Crippen LogP contribution >= 0.6 is 0 Å². The maximum Gasteiger partial charge on any atom is 0.161 e. The normalized spacial score (nSPS) is 10.1. The predicted octanol–water partition coefficient (Wildman–Crippen LogP) is 3.59. The van der Waals surface area contributed by atoms with Gasteiger partial charge in [-0.3, -0.25) is 0 Å². The SMILES string of the molecule is COc1ccc(C)cc1COc1ccccc1OC. The van der Waals surface area contributed by atoms with Crippen LogP contribution in [-0.2, 0) is 6.61 Å². The van der Waals surface area contributed by atoms with Gasteiger partial charge in [-0.1, -0.05) is 23.8 Å². The second kappa shape index (κ2) is 6.14. The first kappa shape index (κ1) is 13.3. The predicted molar refractivity (Wildman–Crippen MR) is 75.1 cm³/mol. The van der Waals surface area contributed by atoms with Crippen molar-refractivity contribution in [3.05, 3.63) is 53.6 Å². The Morgan fingerprint density at radius 1 is 0.842 bits per heavy atom. The molecule has 0 unspecified atom stereocenters. The van der Waals surface area contributed by atoms with Crippen LogP contribution < -0.4 is 14.2 Å². The molecule has 0 amide bonds. The van der Waals surface area contributed by atoms with E-state index in [0.717, 1.165) is 22.8 Å². The zero-order valence-electron chi connectivity index (χ0n) is 11.5. The summed E-state index contributed by atoms with van der Waals surface area (Å²) in [5.41, 5.74) is 2.20. The Labute approximate surface area is 113 Å². The fourth-order valence-electron chi connectivity index (χ4n) is 1.91. The van der Waals surface area contributed by atoms with E-state index < -0.39 is 0 Å². The van der Waals surface area contributed by atoms with Crippen LogP contribution in [-0.4, -0.2) is 14.2 Å². The molecule has 0 heterocycles. The van der Waals surface area contributed by atoms with E-state index in [1.165, 1.54) is 5.56 Å². The molecule has 3 heteroatoms. The standard InChI is InChI=1S/C16H18O3/c1-12-8-9-14(17-2)13(10-12)11-19-16-7-5-4-6-15(16)18-3/h4-10H,11H2,1-3H3. The van der Waals surface area contributed by atoms with Crippen LogP contribution in [0.3, 0.4) is 0 Å². The van der Waals surface area contributed by atoms with Crippen molar-refractivity contribution in [3.63, 3.8) is 0 Å². The minimum Gasteiger partial charge on any atom is -0.496 e. The van der Waals surface area contributed by atoms with Gasteiger partial charge < -0.3 is 14.2 Å². The zero-order chi connectivity index (χ0) is 13.7. The minimum absolute atomic E-state index is 0.450. The number of rotatable bonds is 5. The largest absolute Gasteiger partial charge is 0.496 e. The average molecular weight is 258 g/mol. The highest BCUT2D eigenvalue weighted by Crippen LogP contribution is 2.28. The number of ether oxygens (including phenoxy) is 3. The molecule has 0 bridgehead atoms. The highest BCUT2D eigenvalue weighted by atomic mass is 16.5. The highest BCUT2D eigenvalue weighted by Gasteiger charge is 2.07. The minimum atomic E-state index is 0.450. The fourth-order valence-corrected chi connectivity index (χ4v) is 1.91. The number of aryl methyl sites for hydroxylation is 1. The van der Waals surface area contributed by atoms with Crippen molar-refractivity contribution in [2.45, 2.75) is 13.5 Å². The van der Waals surface area contributed by atoms with Crippen molar-refractivity contribution in [2.24, 2.45) is 0 Å². The molecule has 19 heavy (non-hydrogen) atoms. The fraction of sp³-hybridized carbons (Fsp3) is 0.250.